The van der Waals surface area contributed by atoms with Crippen molar-refractivity contribution in [1.29, 1.82) is 0 Å². The highest BCUT2D eigenvalue weighted by atomic mass is 16.2. The number of nitrogens with one attached hydrogen (secondary N) is 1. The van der Waals surface area contributed by atoms with Crippen LogP contribution in [0.4, 0.5) is 11.4 Å². The maximum absolute atomic E-state index is 12.2. The van der Waals surface area contributed by atoms with Gasteiger partial charge in [0.2, 0.25) is 11.8 Å². The van der Waals surface area contributed by atoms with Crippen molar-refractivity contribution in [2.45, 2.75) is 33.1 Å². The van der Waals surface area contributed by atoms with E-state index in [0.29, 0.717) is 12.8 Å². The molecule has 124 valence electrons. The molecule has 0 saturated carbocycles. The molecular formula is C20H22N2O2. The lowest BCUT2D eigenvalue weighted by Crippen LogP contribution is -2.24. The molecule has 2 aromatic carbocycles. The van der Waals surface area contributed by atoms with Crippen LogP contribution in [-0.2, 0) is 16.0 Å². The van der Waals surface area contributed by atoms with Gasteiger partial charge in [-0.25, -0.2) is 0 Å². The summed E-state index contributed by atoms with van der Waals surface area (Å²) >= 11 is 0. The summed E-state index contributed by atoms with van der Waals surface area (Å²) in [5.74, 6) is 0.138. The quantitative estimate of drug-likeness (QED) is 0.935. The molecule has 2 aromatic rings. The van der Waals surface area contributed by atoms with Gasteiger partial charge in [0, 0.05) is 24.3 Å². The number of anilines is 2. The molecule has 0 radical (unpaired) electrons. The Labute approximate surface area is 142 Å². The van der Waals surface area contributed by atoms with Gasteiger partial charge < -0.3 is 10.2 Å². The molecule has 1 saturated heterocycles. The van der Waals surface area contributed by atoms with Gasteiger partial charge in [0.25, 0.3) is 0 Å². The average molecular weight is 322 g/mol. The molecule has 24 heavy (non-hydrogen) atoms. The summed E-state index contributed by atoms with van der Waals surface area (Å²) < 4.78 is 0. The molecule has 0 aliphatic carbocycles. The molecule has 0 bridgehead atoms. The highest BCUT2D eigenvalue weighted by Gasteiger charge is 2.23. The molecule has 0 aromatic heterocycles. The largest absolute Gasteiger partial charge is 0.326 e. The van der Waals surface area contributed by atoms with Crippen molar-refractivity contribution < 1.29 is 9.59 Å². The Hall–Kier alpha value is -2.62. The van der Waals surface area contributed by atoms with Crippen molar-refractivity contribution in [3.8, 4) is 0 Å². The zero-order chi connectivity index (χ0) is 17.1. The van der Waals surface area contributed by atoms with Crippen LogP contribution < -0.4 is 10.2 Å². The SMILES string of the molecule is Cc1cccc(CC(=O)Nc2ccc(N3CCCC3=O)c(C)c2)c1. The number of nitrogens with zero attached hydrogens (tertiary/aromatic N) is 1. The second kappa shape index (κ2) is 6.87. The van der Waals surface area contributed by atoms with E-state index in [1.165, 1.54) is 0 Å². The molecule has 4 heteroatoms. The van der Waals surface area contributed by atoms with Gasteiger partial charge in [0.05, 0.1) is 6.42 Å². The van der Waals surface area contributed by atoms with E-state index in [1.807, 2.05) is 61.2 Å². The first-order valence-corrected chi connectivity index (χ1v) is 8.29. The summed E-state index contributed by atoms with van der Waals surface area (Å²) in [5.41, 5.74) is 4.85. The van der Waals surface area contributed by atoms with Gasteiger partial charge in [0.15, 0.2) is 0 Å². The number of aryl methyl sites for hydroxylation is 2. The van der Waals surface area contributed by atoms with E-state index < -0.39 is 0 Å². The highest BCUT2D eigenvalue weighted by molar-refractivity contribution is 5.97. The Morgan fingerprint density at radius 3 is 2.67 bits per heavy atom. The number of amides is 2. The van der Waals surface area contributed by atoms with E-state index in [4.69, 9.17) is 0 Å². The van der Waals surface area contributed by atoms with Crippen LogP contribution in [0.3, 0.4) is 0 Å². The van der Waals surface area contributed by atoms with E-state index >= 15 is 0 Å². The Morgan fingerprint density at radius 1 is 1.17 bits per heavy atom. The fraction of sp³-hybridized carbons (Fsp3) is 0.300. The third-order valence-corrected chi connectivity index (χ3v) is 4.29. The van der Waals surface area contributed by atoms with Crippen LogP contribution in [0.5, 0.6) is 0 Å². The van der Waals surface area contributed by atoms with Crippen molar-refractivity contribution in [3.05, 3.63) is 59.2 Å². The van der Waals surface area contributed by atoms with E-state index in [-0.39, 0.29) is 11.8 Å². The number of rotatable bonds is 4. The third kappa shape index (κ3) is 3.65. The topological polar surface area (TPSA) is 49.4 Å². The minimum Gasteiger partial charge on any atom is -0.326 e. The molecule has 1 aliphatic heterocycles. The van der Waals surface area contributed by atoms with E-state index in [0.717, 1.165) is 41.0 Å². The first-order valence-electron chi connectivity index (χ1n) is 8.29. The Morgan fingerprint density at radius 2 is 2.00 bits per heavy atom. The van der Waals surface area contributed by atoms with Crippen LogP contribution in [0.2, 0.25) is 0 Å². The number of carbonyl (C=O) groups is 2. The summed E-state index contributed by atoms with van der Waals surface area (Å²) in [5, 5.41) is 2.94. The van der Waals surface area contributed by atoms with Crippen LogP contribution in [0.25, 0.3) is 0 Å². The molecule has 0 unspecified atom stereocenters. The molecule has 3 rings (SSSR count). The fourth-order valence-corrected chi connectivity index (χ4v) is 3.15. The second-order valence-corrected chi connectivity index (χ2v) is 6.36. The summed E-state index contributed by atoms with van der Waals surface area (Å²) in [7, 11) is 0. The lowest BCUT2D eigenvalue weighted by molar-refractivity contribution is -0.117. The van der Waals surface area contributed by atoms with Gasteiger partial charge in [-0.3, -0.25) is 9.59 Å². The monoisotopic (exact) mass is 322 g/mol. The minimum absolute atomic E-state index is 0.0370. The van der Waals surface area contributed by atoms with Crippen LogP contribution in [0.1, 0.15) is 29.5 Å². The standard InChI is InChI=1S/C20H22N2O2/c1-14-5-3-6-16(11-14)13-19(23)21-17-8-9-18(15(2)12-17)22-10-4-7-20(22)24/h3,5-6,8-9,11-12H,4,7,10,13H2,1-2H3,(H,21,23). The summed E-state index contributed by atoms with van der Waals surface area (Å²) in [6.07, 6.45) is 1.88. The maximum Gasteiger partial charge on any atom is 0.228 e. The lowest BCUT2D eigenvalue weighted by Gasteiger charge is -2.19. The van der Waals surface area contributed by atoms with Crippen LogP contribution in [0, 0.1) is 13.8 Å². The fourth-order valence-electron chi connectivity index (χ4n) is 3.15. The Bertz CT molecular complexity index is 783. The second-order valence-electron chi connectivity index (χ2n) is 6.36. The summed E-state index contributed by atoms with van der Waals surface area (Å²) in [4.78, 5) is 25.9. The first kappa shape index (κ1) is 16.2. The molecule has 0 spiro atoms. The van der Waals surface area contributed by atoms with Crippen molar-refractivity contribution in [2.24, 2.45) is 0 Å². The Kier molecular flexibility index (Phi) is 4.65. The molecule has 1 aliphatic rings. The van der Waals surface area contributed by atoms with E-state index in [1.54, 1.807) is 0 Å². The first-order chi connectivity index (χ1) is 11.5. The van der Waals surface area contributed by atoms with Gasteiger partial charge in [-0.05, 0) is 49.6 Å². The van der Waals surface area contributed by atoms with Crippen molar-refractivity contribution in [2.75, 3.05) is 16.8 Å². The number of hydrogen-bond acceptors (Lipinski definition) is 2. The van der Waals surface area contributed by atoms with Crippen molar-refractivity contribution in [3.63, 3.8) is 0 Å². The highest BCUT2D eigenvalue weighted by Crippen LogP contribution is 2.27. The maximum atomic E-state index is 12.2. The predicted molar refractivity (Wildman–Crippen MR) is 96.3 cm³/mol. The predicted octanol–water partition coefficient (Wildman–Crippen LogP) is 3.61. The van der Waals surface area contributed by atoms with E-state index in [2.05, 4.69) is 5.32 Å². The number of carbonyl (C=O) groups excluding carboxylic acids is 2. The van der Waals surface area contributed by atoms with Gasteiger partial charge in [-0.1, -0.05) is 29.8 Å². The van der Waals surface area contributed by atoms with E-state index in [9.17, 15) is 9.59 Å². The zero-order valence-electron chi connectivity index (χ0n) is 14.1. The van der Waals surface area contributed by atoms with Crippen LogP contribution in [0.15, 0.2) is 42.5 Å². The lowest BCUT2D eigenvalue weighted by atomic mass is 10.1. The number of benzene rings is 2. The van der Waals surface area contributed by atoms with Crippen molar-refractivity contribution >= 4 is 23.2 Å². The third-order valence-electron chi connectivity index (χ3n) is 4.29. The smallest absolute Gasteiger partial charge is 0.228 e. The van der Waals surface area contributed by atoms with Crippen molar-refractivity contribution in [1.82, 2.24) is 0 Å². The summed E-state index contributed by atoms with van der Waals surface area (Å²) in [6, 6.07) is 13.7. The molecule has 1 N–H and O–H groups in total. The molecule has 1 fully saturated rings. The Balaban J connectivity index is 1.68. The minimum atomic E-state index is -0.0370. The van der Waals surface area contributed by atoms with Gasteiger partial charge in [0.1, 0.15) is 0 Å². The van der Waals surface area contributed by atoms with Gasteiger partial charge in [-0.15, -0.1) is 0 Å². The molecule has 1 heterocycles. The number of hydrogen-bond donors (Lipinski definition) is 1. The normalized spacial score (nSPS) is 14.1. The molecule has 4 nitrogen and oxygen atoms in total. The molecular weight excluding hydrogens is 300 g/mol. The van der Waals surface area contributed by atoms with Gasteiger partial charge >= 0.3 is 0 Å². The molecule has 0 atom stereocenters. The average Bonchev–Trinajstić information content (AvgIpc) is 2.93. The zero-order valence-corrected chi connectivity index (χ0v) is 14.1. The summed E-state index contributed by atoms with van der Waals surface area (Å²) in [6.45, 7) is 4.76. The van der Waals surface area contributed by atoms with Crippen LogP contribution >= 0.6 is 0 Å². The van der Waals surface area contributed by atoms with Gasteiger partial charge in [-0.2, -0.15) is 0 Å². The van der Waals surface area contributed by atoms with Crippen LogP contribution in [-0.4, -0.2) is 18.4 Å². The molecule has 2 amide bonds.